The molecule has 1 fully saturated rings. The molecule has 1 aromatic heterocycles. The van der Waals surface area contributed by atoms with E-state index in [4.69, 9.17) is 10.5 Å². The number of benzene rings is 1. The third kappa shape index (κ3) is 4.24. The van der Waals surface area contributed by atoms with Crippen molar-refractivity contribution >= 4 is 11.9 Å². The van der Waals surface area contributed by atoms with Crippen LogP contribution < -0.4 is 5.73 Å². The zero-order valence-corrected chi connectivity index (χ0v) is 15.4. The molecule has 2 heterocycles. The number of hydrogen-bond acceptors (Lipinski definition) is 5. The van der Waals surface area contributed by atoms with E-state index in [0.717, 1.165) is 25.0 Å². The van der Waals surface area contributed by atoms with E-state index in [9.17, 15) is 18.0 Å². The Morgan fingerprint density at radius 2 is 2.14 bits per heavy atom. The fourth-order valence-corrected chi connectivity index (χ4v) is 3.47. The van der Waals surface area contributed by atoms with Crippen molar-refractivity contribution in [2.75, 3.05) is 26.0 Å². The van der Waals surface area contributed by atoms with Gasteiger partial charge < -0.3 is 15.4 Å². The van der Waals surface area contributed by atoms with Crippen molar-refractivity contribution in [3.8, 4) is 11.1 Å². The number of anilines is 1. The zero-order valence-electron chi connectivity index (χ0n) is 15.4. The lowest BCUT2D eigenvalue weighted by Crippen LogP contribution is -2.41. The minimum atomic E-state index is -4.46. The Hall–Kier alpha value is -2.68. The number of nitrogens with zero attached hydrogens (tertiary/aromatic N) is 3. The van der Waals surface area contributed by atoms with Crippen LogP contribution >= 0.6 is 0 Å². The number of piperidine rings is 1. The molecular formula is C19H21F3N4O2. The molecule has 0 unspecified atom stereocenters. The number of carbonyl (C=O) groups is 1. The molecule has 6 nitrogen and oxygen atoms in total. The molecule has 1 amide bonds. The Bertz CT molecular complexity index is 857. The van der Waals surface area contributed by atoms with Gasteiger partial charge in [0, 0.05) is 25.4 Å². The van der Waals surface area contributed by atoms with Crippen LogP contribution in [0.5, 0.6) is 0 Å². The number of carbonyl (C=O) groups excluding carboxylic acids is 1. The summed E-state index contributed by atoms with van der Waals surface area (Å²) in [5.41, 5.74) is 6.22. The summed E-state index contributed by atoms with van der Waals surface area (Å²) in [6.07, 6.45) is -0.701. The quantitative estimate of drug-likeness (QED) is 0.859. The lowest BCUT2D eigenvalue weighted by atomic mass is 9.93. The fourth-order valence-electron chi connectivity index (χ4n) is 3.47. The number of rotatable bonds is 4. The number of amides is 1. The molecule has 1 aliphatic heterocycles. The average molecular weight is 394 g/mol. The van der Waals surface area contributed by atoms with Gasteiger partial charge in [0.25, 0.3) is 0 Å². The predicted molar refractivity (Wildman–Crippen MR) is 97.1 cm³/mol. The first-order chi connectivity index (χ1) is 13.3. The van der Waals surface area contributed by atoms with E-state index in [2.05, 4.69) is 9.97 Å². The molecule has 1 aromatic carbocycles. The Morgan fingerprint density at radius 3 is 2.86 bits per heavy atom. The summed E-state index contributed by atoms with van der Waals surface area (Å²) in [6.45, 7) is 0.453. The molecule has 0 spiro atoms. The number of halogens is 3. The number of ether oxygens (including phenoxy) is 1. The Balaban J connectivity index is 2.07. The highest BCUT2D eigenvalue weighted by Gasteiger charge is 2.33. The maximum Gasteiger partial charge on any atom is 0.416 e. The highest BCUT2D eigenvalue weighted by molar-refractivity contribution is 5.78. The largest absolute Gasteiger partial charge is 0.416 e. The average Bonchev–Trinajstić information content (AvgIpc) is 2.67. The highest BCUT2D eigenvalue weighted by atomic mass is 19.4. The maximum absolute atomic E-state index is 13.1. The summed E-state index contributed by atoms with van der Waals surface area (Å²) < 4.78 is 44.4. The number of nitrogen functional groups attached to an aromatic ring is 1. The van der Waals surface area contributed by atoms with Crippen LogP contribution in [0.4, 0.5) is 19.1 Å². The number of alkyl halides is 3. The normalized spacial score (nSPS) is 17.6. The van der Waals surface area contributed by atoms with Crippen LogP contribution in [0.15, 0.2) is 30.5 Å². The third-order valence-electron chi connectivity index (χ3n) is 4.74. The Kier molecular flexibility index (Phi) is 5.83. The second-order valence-electron chi connectivity index (χ2n) is 6.64. The number of nitrogens with two attached hydrogens (primary N) is 1. The monoisotopic (exact) mass is 394 g/mol. The van der Waals surface area contributed by atoms with Gasteiger partial charge in [0.15, 0.2) is 0 Å². The van der Waals surface area contributed by atoms with Crippen LogP contribution in [0.3, 0.4) is 0 Å². The van der Waals surface area contributed by atoms with Crippen molar-refractivity contribution in [1.29, 1.82) is 0 Å². The molecule has 1 saturated heterocycles. The Labute approximate surface area is 160 Å². The minimum Gasteiger partial charge on any atom is -0.375 e. The van der Waals surface area contributed by atoms with Crippen LogP contribution in [0.25, 0.3) is 11.1 Å². The van der Waals surface area contributed by atoms with E-state index in [1.165, 1.54) is 19.4 Å². The number of likely N-dealkylation sites (tertiary alicyclic amines) is 1. The minimum absolute atomic E-state index is 0.00967. The van der Waals surface area contributed by atoms with Crippen molar-refractivity contribution in [3.63, 3.8) is 0 Å². The van der Waals surface area contributed by atoms with Gasteiger partial charge in [-0.1, -0.05) is 12.1 Å². The molecule has 28 heavy (non-hydrogen) atoms. The molecule has 0 saturated carbocycles. The van der Waals surface area contributed by atoms with Gasteiger partial charge in [-0.3, -0.25) is 4.79 Å². The van der Waals surface area contributed by atoms with Crippen LogP contribution in [0.1, 0.15) is 36.6 Å². The first-order valence-corrected chi connectivity index (χ1v) is 8.89. The fraction of sp³-hybridized carbons (Fsp3) is 0.421. The highest BCUT2D eigenvalue weighted by Crippen LogP contribution is 2.38. The summed E-state index contributed by atoms with van der Waals surface area (Å²) in [4.78, 5) is 22.4. The molecule has 2 N–H and O–H groups in total. The molecule has 1 aliphatic rings. The zero-order chi connectivity index (χ0) is 20.3. The van der Waals surface area contributed by atoms with Crippen LogP contribution in [-0.2, 0) is 15.7 Å². The summed E-state index contributed by atoms with van der Waals surface area (Å²) in [5.74, 6) is -0.185. The van der Waals surface area contributed by atoms with Crippen molar-refractivity contribution < 1.29 is 22.7 Å². The van der Waals surface area contributed by atoms with Gasteiger partial charge in [0.1, 0.15) is 6.61 Å². The van der Waals surface area contributed by atoms with Crippen LogP contribution in [0, 0.1) is 0 Å². The van der Waals surface area contributed by atoms with Crippen LogP contribution in [0.2, 0.25) is 0 Å². The second-order valence-corrected chi connectivity index (χ2v) is 6.64. The molecule has 0 radical (unpaired) electrons. The van der Waals surface area contributed by atoms with E-state index in [1.807, 2.05) is 0 Å². The van der Waals surface area contributed by atoms with Gasteiger partial charge in [-0.25, -0.2) is 9.97 Å². The van der Waals surface area contributed by atoms with E-state index in [0.29, 0.717) is 29.8 Å². The summed E-state index contributed by atoms with van der Waals surface area (Å²) >= 11 is 0. The summed E-state index contributed by atoms with van der Waals surface area (Å²) in [7, 11) is 1.44. The van der Waals surface area contributed by atoms with Crippen molar-refractivity contribution in [1.82, 2.24) is 14.9 Å². The standard InChI is InChI=1S/C19H21F3N4O2/c1-28-11-16(27)26-8-3-2-7-15(26)17-14(10-24-18(23)25-17)12-5-4-6-13(9-12)19(20,21)22/h4-6,9-10,15H,2-3,7-8,11H2,1H3,(H2,23,24,25)/t15-/m1/s1. The van der Waals surface area contributed by atoms with Crippen LogP contribution in [-0.4, -0.2) is 41.0 Å². The number of hydrogen-bond donors (Lipinski definition) is 1. The van der Waals surface area contributed by atoms with E-state index in [-0.39, 0.29) is 18.5 Å². The van der Waals surface area contributed by atoms with Crippen molar-refractivity contribution in [2.45, 2.75) is 31.5 Å². The van der Waals surface area contributed by atoms with Crippen molar-refractivity contribution in [2.24, 2.45) is 0 Å². The van der Waals surface area contributed by atoms with E-state index >= 15 is 0 Å². The number of methoxy groups -OCH3 is 1. The smallest absolute Gasteiger partial charge is 0.375 e. The molecule has 150 valence electrons. The Morgan fingerprint density at radius 1 is 1.36 bits per heavy atom. The topological polar surface area (TPSA) is 81.3 Å². The van der Waals surface area contributed by atoms with Crippen molar-refractivity contribution in [3.05, 3.63) is 41.7 Å². The summed E-state index contributed by atoms with van der Waals surface area (Å²) in [6, 6.07) is 4.58. The van der Waals surface area contributed by atoms with Gasteiger partial charge in [-0.2, -0.15) is 13.2 Å². The molecule has 1 atom stereocenters. The lowest BCUT2D eigenvalue weighted by Gasteiger charge is -2.36. The van der Waals surface area contributed by atoms with Gasteiger partial charge in [-0.05, 0) is 37.0 Å². The van der Waals surface area contributed by atoms with Gasteiger partial charge in [0.05, 0.1) is 17.3 Å². The second kappa shape index (κ2) is 8.14. The summed E-state index contributed by atoms with van der Waals surface area (Å²) in [5, 5.41) is 0. The maximum atomic E-state index is 13.1. The molecule has 9 heteroatoms. The predicted octanol–water partition coefficient (Wildman–Crippen LogP) is 3.44. The first kappa shape index (κ1) is 20.1. The molecular weight excluding hydrogens is 373 g/mol. The molecule has 3 rings (SSSR count). The van der Waals surface area contributed by atoms with Gasteiger partial charge in [0.2, 0.25) is 11.9 Å². The third-order valence-corrected chi connectivity index (χ3v) is 4.74. The first-order valence-electron chi connectivity index (χ1n) is 8.89. The molecule has 0 aliphatic carbocycles. The molecule has 0 bridgehead atoms. The lowest BCUT2D eigenvalue weighted by molar-refractivity contribution is -0.139. The van der Waals surface area contributed by atoms with Gasteiger partial charge >= 0.3 is 6.18 Å². The SMILES string of the molecule is COCC(=O)N1CCCC[C@@H]1c1nc(N)ncc1-c1cccc(C(F)(F)F)c1. The molecule has 2 aromatic rings. The number of aromatic nitrogens is 2. The van der Waals surface area contributed by atoms with E-state index in [1.54, 1.807) is 11.0 Å². The van der Waals surface area contributed by atoms with E-state index < -0.39 is 17.8 Å². The van der Waals surface area contributed by atoms with Gasteiger partial charge in [-0.15, -0.1) is 0 Å².